The molecule has 1 aliphatic rings. The van der Waals surface area contributed by atoms with Crippen molar-refractivity contribution in [2.24, 2.45) is 0 Å². The van der Waals surface area contributed by atoms with Crippen LogP contribution in [0.15, 0.2) is 24.3 Å². The van der Waals surface area contributed by atoms with Crippen molar-refractivity contribution in [1.82, 2.24) is 0 Å². The summed E-state index contributed by atoms with van der Waals surface area (Å²) < 4.78 is 46.2. The quantitative estimate of drug-likeness (QED) is 0.469. The molecule has 1 saturated heterocycles. The van der Waals surface area contributed by atoms with Crippen molar-refractivity contribution in [2.45, 2.75) is 11.8 Å². The minimum absolute atomic E-state index is 0.0153. The summed E-state index contributed by atoms with van der Waals surface area (Å²) in [5.74, 6) is -1.48. The number of carbonyl (C=O) groups excluding carboxylic acids is 1. The molecule has 1 aromatic carbocycles. The summed E-state index contributed by atoms with van der Waals surface area (Å²) in [6, 6.07) is 5.40. The first-order valence-corrected chi connectivity index (χ1v) is 4.91. The first-order chi connectivity index (χ1) is 7.85. The molecular formula is C10H6ClF3O3. The Balaban J connectivity index is 2.10. The molecule has 0 bridgehead atoms. The Bertz CT molecular complexity index is 437. The Hall–Kier alpha value is -1.27. The predicted octanol–water partition coefficient (Wildman–Crippen LogP) is 2.58. The number of halogens is 4. The monoisotopic (exact) mass is 266 g/mol. The maximum Gasteiger partial charge on any atom is 0.430 e. The topological polar surface area (TPSA) is 38.8 Å². The van der Waals surface area contributed by atoms with Gasteiger partial charge in [0.15, 0.2) is 0 Å². The van der Waals surface area contributed by atoms with Crippen LogP contribution in [0.1, 0.15) is 0 Å². The fourth-order valence-corrected chi connectivity index (χ4v) is 1.29. The van der Waals surface area contributed by atoms with Crippen LogP contribution in [0.25, 0.3) is 0 Å². The predicted molar refractivity (Wildman–Crippen MR) is 51.8 cm³/mol. The van der Waals surface area contributed by atoms with Crippen molar-refractivity contribution in [2.75, 3.05) is 6.61 Å². The number of hydrogen-bond donors (Lipinski definition) is 0. The van der Waals surface area contributed by atoms with Crippen molar-refractivity contribution in [3.63, 3.8) is 0 Å². The normalized spacial score (nSPS) is 23.3. The second kappa shape index (κ2) is 3.89. The molecule has 17 heavy (non-hydrogen) atoms. The van der Waals surface area contributed by atoms with Gasteiger partial charge in [-0.3, -0.25) is 0 Å². The van der Waals surface area contributed by atoms with Gasteiger partial charge in [0, 0.05) is 5.02 Å². The van der Waals surface area contributed by atoms with E-state index in [1.54, 1.807) is 0 Å². The first-order valence-electron chi connectivity index (χ1n) is 4.54. The molecule has 1 atom stereocenters. The molecule has 3 nitrogen and oxygen atoms in total. The summed E-state index contributed by atoms with van der Waals surface area (Å²) in [7, 11) is 0. The lowest BCUT2D eigenvalue weighted by molar-refractivity contribution is -0.198. The Morgan fingerprint density at radius 2 is 1.88 bits per heavy atom. The Morgan fingerprint density at radius 1 is 1.35 bits per heavy atom. The summed E-state index contributed by atoms with van der Waals surface area (Å²) in [4.78, 5) is 11.3. The van der Waals surface area contributed by atoms with Crippen LogP contribution in [0.5, 0.6) is 5.75 Å². The molecule has 0 spiro atoms. The van der Waals surface area contributed by atoms with E-state index in [0.717, 1.165) is 0 Å². The minimum Gasteiger partial charge on any atom is -0.424 e. The van der Waals surface area contributed by atoms with Crippen molar-refractivity contribution >= 4 is 17.6 Å². The van der Waals surface area contributed by atoms with Crippen LogP contribution < -0.4 is 4.74 Å². The second-order valence-corrected chi connectivity index (χ2v) is 3.89. The maximum absolute atomic E-state index is 12.5. The molecule has 0 aliphatic carbocycles. The number of esters is 1. The zero-order valence-electron chi connectivity index (χ0n) is 8.25. The van der Waals surface area contributed by atoms with Gasteiger partial charge in [0.2, 0.25) is 0 Å². The number of ether oxygens (including phenoxy) is 2. The van der Waals surface area contributed by atoms with E-state index in [2.05, 4.69) is 9.47 Å². The van der Waals surface area contributed by atoms with E-state index in [1.165, 1.54) is 24.3 Å². The molecule has 0 amide bonds. The van der Waals surface area contributed by atoms with Gasteiger partial charge in [-0.1, -0.05) is 11.6 Å². The van der Waals surface area contributed by atoms with Gasteiger partial charge in [-0.2, -0.15) is 13.2 Å². The lowest BCUT2D eigenvalue weighted by atomic mass is 10.1. The number of carbonyl (C=O) groups is 1. The van der Waals surface area contributed by atoms with E-state index in [1.807, 2.05) is 0 Å². The molecule has 0 N–H and O–H groups in total. The first kappa shape index (κ1) is 12.2. The standard InChI is InChI=1S/C10H6ClF3O3/c11-6-1-3-7(4-2-6)17-8(15)9(5-16-9)10(12,13)14/h1-4H,5H2. The molecule has 0 saturated carbocycles. The zero-order valence-corrected chi connectivity index (χ0v) is 9.01. The van der Waals surface area contributed by atoms with Crippen LogP contribution in [0.3, 0.4) is 0 Å². The molecule has 7 heteroatoms. The Labute approximate surface area is 99.1 Å². The van der Waals surface area contributed by atoms with Gasteiger partial charge in [-0.25, -0.2) is 4.79 Å². The van der Waals surface area contributed by atoms with Gasteiger partial charge < -0.3 is 9.47 Å². The summed E-state index contributed by atoms with van der Waals surface area (Å²) in [6.45, 7) is -0.705. The minimum atomic E-state index is -4.77. The molecule has 1 fully saturated rings. The highest BCUT2D eigenvalue weighted by atomic mass is 35.5. The van der Waals surface area contributed by atoms with Crippen LogP contribution in [0.2, 0.25) is 5.02 Å². The third-order valence-corrected chi connectivity index (χ3v) is 2.50. The van der Waals surface area contributed by atoms with Crippen molar-refractivity contribution < 1.29 is 27.4 Å². The van der Waals surface area contributed by atoms with Crippen molar-refractivity contribution in [3.8, 4) is 5.75 Å². The third-order valence-electron chi connectivity index (χ3n) is 2.24. The Morgan fingerprint density at radius 3 is 2.29 bits per heavy atom. The van der Waals surface area contributed by atoms with Gasteiger partial charge in [0.1, 0.15) is 5.75 Å². The molecule has 1 heterocycles. The van der Waals surface area contributed by atoms with Gasteiger partial charge in [-0.05, 0) is 24.3 Å². The molecule has 0 aromatic heterocycles. The van der Waals surface area contributed by atoms with Gasteiger partial charge in [0.05, 0.1) is 6.61 Å². The smallest absolute Gasteiger partial charge is 0.424 e. The van der Waals surface area contributed by atoms with E-state index in [-0.39, 0.29) is 5.75 Å². The van der Waals surface area contributed by atoms with E-state index in [9.17, 15) is 18.0 Å². The molecule has 92 valence electrons. The average Bonchev–Trinajstić information content (AvgIpc) is 3.01. The highest BCUT2D eigenvalue weighted by molar-refractivity contribution is 6.30. The van der Waals surface area contributed by atoms with Crippen LogP contribution >= 0.6 is 11.6 Å². The molecular weight excluding hydrogens is 261 g/mol. The molecule has 0 radical (unpaired) electrons. The molecule has 2 rings (SSSR count). The van der Waals surface area contributed by atoms with E-state index < -0.39 is 24.4 Å². The average molecular weight is 267 g/mol. The fraction of sp³-hybridized carbons (Fsp3) is 0.300. The van der Waals surface area contributed by atoms with E-state index in [4.69, 9.17) is 11.6 Å². The summed E-state index contributed by atoms with van der Waals surface area (Å²) in [5.41, 5.74) is -2.80. The fourth-order valence-electron chi connectivity index (χ4n) is 1.16. The largest absolute Gasteiger partial charge is 0.430 e. The van der Waals surface area contributed by atoms with Crippen LogP contribution in [0.4, 0.5) is 13.2 Å². The van der Waals surface area contributed by atoms with Crippen molar-refractivity contribution in [1.29, 1.82) is 0 Å². The number of hydrogen-bond acceptors (Lipinski definition) is 3. The lowest BCUT2D eigenvalue weighted by Gasteiger charge is -2.14. The van der Waals surface area contributed by atoms with Gasteiger partial charge in [0.25, 0.3) is 5.60 Å². The molecule has 1 unspecified atom stereocenters. The zero-order chi connectivity index (χ0) is 12.7. The number of rotatable bonds is 2. The third kappa shape index (κ3) is 2.23. The lowest BCUT2D eigenvalue weighted by Crippen LogP contribution is -2.43. The highest BCUT2D eigenvalue weighted by Crippen LogP contribution is 2.44. The van der Waals surface area contributed by atoms with Crippen LogP contribution in [-0.4, -0.2) is 24.4 Å². The van der Waals surface area contributed by atoms with Crippen molar-refractivity contribution in [3.05, 3.63) is 29.3 Å². The summed E-state index contributed by atoms with van der Waals surface area (Å²) in [5, 5.41) is 0.387. The number of alkyl halides is 3. The molecule has 1 aliphatic heterocycles. The van der Waals surface area contributed by atoms with Crippen LogP contribution in [0, 0.1) is 0 Å². The van der Waals surface area contributed by atoms with Gasteiger partial charge >= 0.3 is 12.1 Å². The number of benzene rings is 1. The van der Waals surface area contributed by atoms with E-state index >= 15 is 0 Å². The highest BCUT2D eigenvalue weighted by Gasteiger charge is 2.73. The maximum atomic E-state index is 12.5. The molecule has 1 aromatic rings. The van der Waals surface area contributed by atoms with E-state index in [0.29, 0.717) is 5.02 Å². The summed E-state index contributed by atoms with van der Waals surface area (Å²) >= 11 is 5.58. The van der Waals surface area contributed by atoms with Gasteiger partial charge in [-0.15, -0.1) is 0 Å². The Kier molecular flexibility index (Phi) is 2.79. The SMILES string of the molecule is O=C(Oc1ccc(Cl)cc1)C1(C(F)(F)F)CO1. The number of epoxide rings is 1. The second-order valence-electron chi connectivity index (χ2n) is 3.46. The van der Waals surface area contributed by atoms with Crippen LogP contribution in [-0.2, 0) is 9.53 Å². The summed E-state index contributed by atoms with van der Waals surface area (Å²) in [6.07, 6.45) is -4.77.